The summed E-state index contributed by atoms with van der Waals surface area (Å²) in [5.41, 5.74) is 1.03. The number of hydrogen-bond donors (Lipinski definition) is 1. The summed E-state index contributed by atoms with van der Waals surface area (Å²) < 4.78 is 5.79. The number of aromatic nitrogens is 2. The lowest BCUT2D eigenvalue weighted by molar-refractivity contribution is -0.130. The highest BCUT2D eigenvalue weighted by molar-refractivity contribution is 7.09. The maximum atomic E-state index is 12.7. The van der Waals surface area contributed by atoms with E-state index < -0.39 is 0 Å². The van der Waals surface area contributed by atoms with E-state index >= 15 is 0 Å². The number of methoxy groups -OCH3 is 1. The minimum absolute atomic E-state index is 0.149. The summed E-state index contributed by atoms with van der Waals surface area (Å²) in [6.45, 7) is 3.72. The first kappa shape index (κ1) is 19.3. The van der Waals surface area contributed by atoms with E-state index in [0.29, 0.717) is 18.3 Å². The van der Waals surface area contributed by atoms with E-state index in [-0.39, 0.29) is 18.1 Å². The molecule has 1 aliphatic heterocycles. The third kappa shape index (κ3) is 4.36. The van der Waals surface area contributed by atoms with Crippen LogP contribution >= 0.6 is 11.3 Å². The molecule has 6 nitrogen and oxygen atoms in total. The predicted octanol–water partition coefficient (Wildman–Crippen LogP) is 3.14. The molecular weight excluding hydrogens is 372 g/mol. The summed E-state index contributed by atoms with van der Waals surface area (Å²) in [5, 5.41) is 6.66. The summed E-state index contributed by atoms with van der Waals surface area (Å²) in [4.78, 5) is 23.7. The van der Waals surface area contributed by atoms with Gasteiger partial charge in [-0.3, -0.25) is 4.79 Å². The molecule has 1 saturated carbocycles. The topological polar surface area (TPSA) is 67.3 Å². The molecule has 2 fully saturated rings. The Morgan fingerprint density at radius 3 is 2.82 bits per heavy atom. The molecule has 1 N–H and O–H groups in total. The van der Waals surface area contributed by atoms with Gasteiger partial charge in [0.25, 0.3) is 0 Å². The number of carbonyl (C=O) groups excluding carboxylic acids is 1. The molecule has 0 spiro atoms. The molecule has 2 aliphatic rings. The number of aryl methyl sites for hydroxylation is 2. The van der Waals surface area contributed by atoms with Gasteiger partial charge in [-0.1, -0.05) is 6.07 Å². The number of nitrogens with zero attached hydrogens (tertiary/aromatic N) is 3. The van der Waals surface area contributed by atoms with Crippen molar-refractivity contribution in [3.05, 3.63) is 40.5 Å². The van der Waals surface area contributed by atoms with Crippen molar-refractivity contribution in [3.63, 3.8) is 0 Å². The molecule has 4 rings (SSSR count). The van der Waals surface area contributed by atoms with Gasteiger partial charge >= 0.3 is 0 Å². The lowest BCUT2D eigenvalue weighted by Crippen LogP contribution is -2.44. The van der Waals surface area contributed by atoms with Gasteiger partial charge < -0.3 is 15.0 Å². The molecule has 1 saturated heterocycles. The molecule has 0 bridgehead atoms. The minimum atomic E-state index is 0.149. The predicted molar refractivity (Wildman–Crippen MR) is 110 cm³/mol. The Kier molecular flexibility index (Phi) is 5.92. The van der Waals surface area contributed by atoms with Crippen molar-refractivity contribution in [1.82, 2.24) is 14.9 Å². The number of rotatable bonds is 6. The zero-order chi connectivity index (χ0) is 19.5. The van der Waals surface area contributed by atoms with Gasteiger partial charge in [-0.2, -0.15) is 0 Å². The number of ether oxygens (including phenoxy) is 1. The number of likely N-dealkylation sites (tertiary alicyclic amines) is 1. The molecule has 0 radical (unpaired) electrons. The van der Waals surface area contributed by atoms with Crippen LogP contribution in [-0.4, -0.2) is 53.1 Å². The van der Waals surface area contributed by atoms with Crippen LogP contribution in [0.3, 0.4) is 0 Å². The lowest BCUT2D eigenvalue weighted by atomic mass is 9.77. The van der Waals surface area contributed by atoms with E-state index in [1.54, 1.807) is 24.6 Å². The van der Waals surface area contributed by atoms with E-state index in [9.17, 15) is 4.79 Å². The van der Waals surface area contributed by atoms with Crippen molar-refractivity contribution in [2.45, 2.75) is 44.8 Å². The number of hydrogen-bond acceptors (Lipinski definition) is 6. The average Bonchev–Trinajstić information content (AvgIpc) is 3.31. The Bertz CT molecular complexity index is 797. The number of thiazole rings is 1. The van der Waals surface area contributed by atoms with Crippen LogP contribution in [0.15, 0.2) is 29.8 Å². The van der Waals surface area contributed by atoms with Crippen LogP contribution in [0.25, 0.3) is 0 Å². The van der Waals surface area contributed by atoms with E-state index in [0.717, 1.165) is 48.9 Å². The molecule has 3 heterocycles. The molecule has 1 amide bonds. The Morgan fingerprint density at radius 1 is 1.32 bits per heavy atom. The molecule has 2 aromatic rings. The normalized spacial score (nSPS) is 26.9. The second kappa shape index (κ2) is 8.57. The maximum Gasteiger partial charge on any atom is 0.222 e. The molecule has 4 atom stereocenters. The standard InChI is InChI=1S/C21H28N4O2S/c1-14-23-17(13-28-14)6-7-21(26)25-11-15-9-18(19(27-2)10-16(15)12-25)24-20-5-3-4-8-22-20/h3-5,8,13,15-16,18-19H,6-7,9-12H2,1-2H3,(H,22,24)/t15-,16+,18-,19-/m1/s1. The number of nitrogens with one attached hydrogen (secondary N) is 1. The van der Waals surface area contributed by atoms with Gasteiger partial charge in [0.2, 0.25) is 5.91 Å². The van der Waals surface area contributed by atoms with Crippen molar-refractivity contribution in [2.75, 3.05) is 25.5 Å². The van der Waals surface area contributed by atoms with Crippen LogP contribution < -0.4 is 5.32 Å². The highest BCUT2D eigenvalue weighted by Gasteiger charge is 2.43. The van der Waals surface area contributed by atoms with E-state index in [4.69, 9.17) is 4.74 Å². The number of amides is 1. The number of pyridine rings is 1. The summed E-state index contributed by atoms with van der Waals surface area (Å²) in [7, 11) is 1.78. The molecule has 150 valence electrons. The van der Waals surface area contributed by atoms with Gasteiger partial charge in [0.05, 0.1) is 22.8 Å². The fourth-order valence-electron chi connectivity index (χ4n) is 4.58. The van der Waals surface area contributed by atoms with Crippen LogP contribution in [-0.2, 0) is 16.0 Å². The molecule has 2 aromatic heterocycles. The van der Waals surface area contributed by atoms with Gasteiger partial charge in [-0.05, 0) is 50.2 Å². The second-order valence-corrected chi connectivity index (χ2v) is 8.95. The number of anilines is 1. The highest BCUT2D eigenvalue weighted by atomic mass is 32.1. The monoisotopic (exact) mass is 400 g/mol. The molecule has 28 heavy (non-hydrogen) atoms. The zero-order valence-corrected chi connectivity index (χ0v) is 17.3. The largest absolute Gasteiger partial charge is 0.379 e. The highest BCUT2D eigenvalue weighted by Crippen LogP contribution is 2.38. The molecule has 7 heteroatoms. The summed E-state index contributed by atoms with van der Waals surface area (Å²) >= 11 is 1.65. The van der Waals surface area contributed by atoms with Crippen LogP contribution in [0, 0.1) is 18.8 Å². The Labute approximate surface area is 170 Å². The summed E-state index contributed by atoms with van der Waals surface area (Å²) in [6, 6.07) is 6.13. The third-order valence-electron chi connectivity index (χ3n) is 6.03. The lowest BCUT2D eigenvalue weighted by Gasteiger charge is -2.37. The first-order valence-electron chi connectivity index (χ1n) is 10.0. The fourth-order valence-corrected chi connectivity index (χ4v) is 5.23. The fraction of sp³-hybridized carbons (Fsp3) is 0.571. The maximum absolute atomic E-state index is 12.7. The van der Waals surface area contributed by atoms with Crippen molar-refractivity contribution in [2.24, 2.45) is 11.8 Å². The second-order valence-electron chi connectivity index (χ2n) is 7.89. The zero-order valence-electron chi connectivity index (χ0n) is 16.5. The minimum Gasteiger partial charge on any atom is -0.379 e. The third-order valence-corrected chi connectivity index (χ3v) is 6.85. The van der Waals surface area contributed by atoms with Gasteiger partial charge in [-0.15, -0.1) is 11.3 Å². The van der Waals surface area contributed by atoms with Crippen molar-refractivity contribution in [1.29, 1.82) is 0 Å². The smallest absolute Gasteiger partial charge is 0.222 e. The summed E-state index contributed by atoms with van der Waals surface area (Å²) in [6.07, 6.45) is 5.23. The van der Waals surface area contributed by atoms with Crippen molar-refractivity contribution < 1.29 is 9.53 Å². The Hall–Kier alpha value is -1.99. The van der Waals surface area contributed by atoms with E-state index in [2.05, 4.69) is 25.6 Å². The Morgan fingerprint density at radius 2 is 2.14 bits per heavy atom. The summed E-state index contributed by atoms with van der Waals surface area (Å²) in [5.74, 6) is 2.19. The Balaban J connectivity index is 1.34. The molecule has 0 aromatic carbocycles. The SMILES string of the molecule is CO[C@@H]1C[C@H]2CN(C(=O)CCc3csc(C)n3)C[C@H]2C[C@H]1Nc1ccccn1. The van der Waals surface area contributed by atoms with Crippen LogP contribution in [0.4, 0.5) is 5.82 Å². The van der Waals surface area contributed by atoms with E-state index in [1.165, 1.54) is 0 Å². The van der Waals surface area contributed by atoms with Gasteiger partial charge in [-0.25, -0.2) is 9.97 Å². The molecule has 1 aliphatic carbocycles. The quantitative estimate of drug-likeness (QED) is 0.807. The first-order chi connectivity index (χ1) is 13.6. The number of carbonyl (C=O) groups is 1. The van der Waals surface area contributed by atoms with Crippen LogP contribution in [0.2, 0.25) is 0 Å². The number of fused-ring (bicyclic) bond motifs is 1. The van der Waals surface area contributed by atoms with Gasteiger partial charge in [0, 0.05) is 38.2 Å². The van der Waals surface area contributed by atoms with Crippen LogP contribution in [0.1, 0.15) is 30.0 Å². The first-order valence-corrected chi connectivity index (χ1v) is 10.9. The van der Waals surface area contributed by atoms with Crippen LogP contribution in [0.5, 0.6) is 0 Å². The average molecular weight is 401 g/mol. The van der Waals surface area contributed by atoms with E-state index in [1.807, 2.05) is 25.1 Å². The van der Waals surface area contributed by atoms with Gasteiger partial charge in [0.1, 0.15) is 5.82 Å². The van der Waals surface area contributed by atoms with Gasteiger partial charge in [0.15, 0.2) is 0 Å². The molecular formula is C21H28N4O2S. The van der Waals surface area contributed by atoms with Crippen molar-refractivity contribution in [3.8, 4) is 0 Å². The van der Waals surface area contributed by atoms with Crippen molar-refractivity contribution >= 4 is 23.1 Å². The molecule has 0 unspecified atom stereocenters.